The second-order valence-electron chi connectivity index (χ2n) is 3.70. The van der Waals surface area contributed by atoms with Crippen LogP contribution in [-0.2, 0) is 19.1 Å². The van der Waals surface area contributed by atoms with Crippen LogP contribution in [0, 0.1) is 5.92 Å². The Morgan fingerprint density at radius 1 is 1.25 bits per heavy atom. The number of hydrogen-bond acceptors (Lipinski definition) is 7. The Labute approximate surface area is 93.4 Å². The normalized spacial score (nSPS) is 30.4. The van der Waals surface area contributed by atoms with Crippen molar-refractivity contribution in [3.8, 4) is 0 Å². The van der Waals surface area contributed by atoms with E-state index in [1.54, 1.807) is 0 Å². The highest BCUT2D eigenvalue weighted by molar-refractivity contribution is 5.72. The number of nitrogens with zero attached hydrogens (tertiary/aromatic N) is 1. The topological polar surface area (TPSA) is 88.5 Å². The van der Waals surface area contributed by atoms with Gasteiger partial charge in [0.25, 0.3) is 0 Å². The van der Waals surface area contributed by atoms with E-state index < -0.39 is 6.10 Å². The first kappa shape index (κ1) is 13.3. The maximum atomic E-state index is 11.3. The zero-order valence-electron chi connectivity index (χ0n) is 9.33. The molecule has 7 nitrogen and oxygen atoms in total. The summed E-state index contributed by atoms with van der Waals surface area (Å²) in [6.45, 7) is 0. The third kappa shape index (κ3) is 3.39. The summed E-state index contributed by atoms with van der Waals surface area (Å²) in [7, 11) is 2.83. The fraction of sp³-hybridized carbons (Fsp3) is 0.889. The van der Waals surface area contributed by atoms with Gasteiger partial charge in [-0.1, -0.05) is 0 Å². The van der Waals surface area contributed by atoms with Gasteiger partial charge in [0.2, 0.25) is 0 Å². The smallest absolute Gasteiger partial charge is 0.308 e. The van der Waals surface area contributed by atoms with E-state index in [9.17, 15) is 4.79 Å². The first-order chi connectivity index (χ1) is 7.58. The van der Waals surface area contributed by atoms with Crippen LogP contribution in [0.1, 0.15) is 19.3 Å². The highest BCUT2D eigenvalue weighted by atomic mass is 17.1. The standard InChI is InChI=1S/C9H17NO6/c1-14-8-5-6(9(11)15-2)3-4-7(8)16-10(12)13/h6-8,12-13H,3-5H2,1-2H3/t6-,7-,8-/m1/s1. The van der Waals surface area contributed by atoms with Crippen molar-refractivity contribution < 1.29 is 29.5 Å². The molecule has 16 heavy (non-hydrogen) atoms. The molecule has 1 saturated carbocycles. The molecule has 2 N–H and O–H groups in total. The molecule has 0 aromatic rings. The first-order valence-electron chi connectivity index (χ1n) is 5.03. The van der Waals surface area contributed by atoms with Crippen LogP contribution in [0.5, 0.6) is 0 Å². The molecule has 0 saturated heterocycles. The molecular weight excluding hydrogens is 218 g/mol. The molecule has 0 aliphatic heterocycles. The third-order valence-electron chi connectivity index (χ3n) is 2.80. The van der Waals surface area contributed by atoms with Crippen LogP contribution in [0.2, 0.25) is 0 Å². The van der Waals surface area contributed by atoms with Crippen molar-refractivity contribution in [2.45, 2.75) is 31.5 Å². The van der Waals surface area contributed by atoms with Gasteiger partial charge in [0.1, 0.15) is 6.10 Å². The lowest BCUT2D eigenvalue weighted by molar-refractivity contribution is -0.510. The minimum Gasteiger partial charge on any atom is -0.469 e. The SMILES string of the molecule is COC(=O)[C@@H]1CC[C@@H](ON(O)O)[C@H](OC)C1. The molecule has 1 rings (SSSR count). The summed E-state index contributed by atoms with van der Waals surface area (Å²) in [4.78, 5) is 16.1. The van der Waals surface area contributed by atoms with Gasteiger partial charge in [-0.05, 0) is 19.3 Å². The average molecular weight is 235 g/mol. The van der Waals surface area contributed by atoms with Crippen LogP contribution in [0.4, 0.5) is 0 Å². The van der Waals surface area contributed by atoms with Crippen molar-refractivity contribution in [1.29, 1.82) is 0 Å². The molecule has 0 bridgehead atoms. The molecule has 3 atom stereocenters. The summed E-state index contributed by atoms with van der Waals surface area (Å²) < 4.78 is 9.80. The lowest BCUT2D eigenvalue weighted by Gasteiger charge is -2.33. The van der Waals surface area contributed by atoms with Crippen LogP contribution < -0.4 is 0 Å². The Hall–Kier alpha value is -0.730. The molecule has 94 valence electrons. The van der Waals surface area contributed by atoms with E-state index >= 15 is 0 Å². The van der Waals surface area contributed by atoms with Gasteiger partial charge >= 0.3 is 5.97 Å². The highest BCUT2D eigenvalue weighted by Crippen LogP contribution is 2.29. The van der Waals surface area contributed by atoms with Crippen LogP contribution in [0.15, 0.2) is 0 Å². The molecule has 0 amide bonds. The number of methoxy groups -OCH3 is 2. The Balaban J connectivity index is 2.53. The number of esters is 1. The molecule has 1 aliphatic rings. The van der Waals surface area contributed by atoms with Crippen molar-refractivity contribution in [2.24, 2.45) is 5.92 Å². The van der Waals surface area contributed by atoms with Gasteiger partial charge in [0.05, 0.1) is 24.5 Å². The van der Waals surface area contributed by atoms with E-state index in [1.165, 1.54) is 14.2 Å². The van der Waals surface area contributed by atoms with Gasteiger partial charge in [0.15, 0.2) is 0 Å². The highest BCUT2D eigenvalue weighted by Gasteiger charge is 2.36. The summed E-state index contributed by atoms with van der Waals surface area (Å²) in [5, 5.41) is 16.8. The molecule has 1 fully saturated rings. The maximum Gasteiger partial charge on any atom is 0.308 e. The van der Waals surface area contributed by atoms with Gasteiger partial charge in [-0.25, -0.2) is 4.84 Å². The average Bonchev–Trinajstić information content (AvgIpc) is 2.27. The molecule has 0 unspecified atom stereocenters. The number of rotatable bonds is 4. The fourth-order valence-electron chi connectivity index (χ4n) is 1.97. The second kappa shape index (κ2) is 6.12. The quantitative estimate of drug-likeness (QED) is 0.537. The fourth-order valence-corrected chi connectivity index (χ4v) is 1.97. The summed E-state index contributed by atoms with van der Waals surface area (Å²) in [5.74, 6) is -0.494. The predicted octanol–water partition coefficient (Wildman–Crippen LogP) is 0.355. The van der Waals surface area contributed by atoms with Gasteiger partial charge in [-0.3, -0.25) is 15.2 Å². The lowest BCUT2D eigenvalue weighted by Crippen LogP contribution is -2.42. The van der Waals surface area contributed by atoms with Crippen LogP contribution >= 0.6 is 0 Å². The first-order valence-corrected chi connectivity index (χ1v) is 5.03. The predicted molar refractivity (Wildman–Crippen MR) is 50.4 cm³/mol. The van der Waals surface area contributed by atoms with Gasteiger partial charge in [-0.15, -0.1) is 0 Å². The second-order valence-corrected chi connectivity index (χ2v) is 3.70. The molecular formula is C9H17NO6. The Morgan fingerprint density at radius 2 is 1.94 bits per heavy atom. The van der Waals surface area contributed by atoms with Crippen LogP contribution in [0.3, 0.4) is 0 Å². The molecule has 7 heteroatoms. The van der Waals surface area contributed by atoms with Gasteiger partial charge in [0, 0.05) is 7.11 Å². The van der Waals surface area contributed by atoms with E-state index in [0.29, 0.717) is 19.3 Å². The van der Waals surface area contributed by atoms with Crippen LogP contribution in [0.25, 0.3) is 0 Å². The maximum absolute atomic E-state index is 11.3. The van der Waals surface area contributed by atoms with Gasteiger partial charge in [-0.2, -0.15) is 0 Å². The van der Waals surface area contributed by atoms with Crippen molar-refractivity contribution in [1.82, 2.24) is 5.39 Å². The van der Waals surface area contributed by atoms with E-state index in [-0.39, 0.29) is 23.4 Å². The molecule has 0 aromatic heterocycles. The molecule has 0 spiro atoms. The van der Waals surface area contributed by atoms with E-state index in [0.717, 1.165) is 0 Å². The minimum absolute atomic E-state index is 0.222. The largest absolute Gasteiger partial charge is 0.469 e. The number of carbonyl (C=O) groups excluding carboxylic acids is 1. The molecule has 1 aliphatic carbocycles. The Morgan fingerprint density at radius 3 is 2.44 bits per heavy atom. The molecule has 0 aromatic carbocycles. The zero-order chi connectivity index (χ0) is 12.1. The summed E-state index contributed by atoms with van der Waals surface area (Å²) in [5.41, 5.74) is 0. The lowest BCUT2D eigenvalue weighted by atomic mass is 9.85. The van der Waals surface area contributed by atoms with E-state index in [4.69, 9.17) is 20.0 Å². The van der Waals surface area contributed by atoms with Crippen molar-refractivity contribution >= 4 is 5.97 Å². The third-order valence-corrected chi connectivity index (χ3v) is 2.80. The van der Waals surface area contributed by atoms with Crippen molar-refractivity contribution in [2.75, 3.05) is 14.2 Å². The van der Waals surface area contributed by atoms with Crippen molar-refractivity contribution in [3.05, 3.63) is 0 Å². The van der Waals surface area contributed by atoms with E-state index in [2.05, 4.69) is 4.74 Å². The van der Waals surface area contributed by atoms with E-state index in [1.807, 2.05) is 0 Å². The minimum atomic E-state index is -0.471. The monoisotopic (exact) mass is 235 g/mol. The number of hydrogen-bond donors (Lipinski definition) is 2. The summed E-state index contributed by atoms with van der Waals surface area (Å²) in [6, 6.07) is 0. The zero-order valence-corrected chi connectivity index (χ0v) is 9.33. The summed E-state index contributed by atoms with van der Waals surface area (Å²) in [6.07, 6.45) is 0.684. The molecule has 0 heterocycles. The Kier molecular flexibility index (Phi) is 5.10. The number of carbonyl (C=O) groups is 1. The number of ether oxygens (including phenoxy) is 2. The summed E-state index contributed by atoms with van der Waals surface area (Å²) >= 11 is 0. The Bertz CT molecular complexity index is 234. The van der Waals surface area contributed by atoms with Crippen LogP contribution in [-0.4, -0.2) is 48.2 Å². The van der Waals surface area contributed by atoms with Gasteiger partial charge < -0.3 is 9.47 Å². The van der Waals surface area contributed by atoms with Crippen molar-refractivity contribution in [3.63, 3.8) is 0 Å². The molecule has 0 radical (unpaired) electrons.